The molecule has 1 aromatic carbocycles. The molecule has 1 fully saturated rings. The minimum Gasteiger partial charge on any atom is -0.496 e. The van der Waals surface area contributed by atoms with Crippen molar-refractivity contribution in [1.29, 1.82) is 0 Å². The second-order valence-electron chi connectivity index (χ2n) is 6.35. The third-order valence-corrected chi connectivity index (χ3v) is 4.58. The first-order valence-electron chi connectivity index (χ1n) is 9.08. The van der Waals surface area contributed by atoms with Crippen LogP contribution < -0.4 is 20.1 Å². The molecule has 1 aliphatic rings. The summed E-state index contributed by atoms with van der Waals surface area (Å²) in [6.45, 7) is 5.60. The minimum absolute atomic E-state index is 0.167. The number of amides is 2. The van der Waals surface area contributed by atoms with Gasteiger partial charge in [0.05, 0.1) is 26.5 Å². The van der Waals surface area contributed by atoms with Gasteiger partial charge in [0.2, 0.25) is 0 Å². The Labute approximate surface area is 164 Å². The van der Waals surface area contributed by atoms with E-state index in [0.717, 1.165) is 26.2 Å². The molecule has 0 saturated carbocycles. The van der Waals surface area contributed by atoms with Gasteiger partial charge in [0.25, 0.3) is 5.91 Å². The zero-order valence-electron chi connectivity index (χ0n) is 16.2. The summed E-state index contributed by atoms with van der Waals surface area (Å²) in [5.41, 5.74) is 0.465. The summed E-state index contributed by atoms with van der Waals surface area (Å²) in [6, 6.07) is 2.87. The standard InChI is InChI=1S/C18H28N4O6/c1-27-14-11-13(20-18(25)26)12-15(28-2)16(14)17(24)19-3-4-21-5-7-22(8-6-21)9-10-23/h11-12,20,23H,3-10H2,1-2H3,(H,19,24)(H,25,26). The summed E-state index contributed by atoms with van der Waals surface area (Å²) in [6.07, 6.45) is -1.22. The summed E-state index contributed by atoms with van der Waals surface area (Å²) in [5.74, 6) is 0.0888. The highest BCUT2D eigenvalue weighted by molar-refractivity contribution is 6.01. The average molecular weight is 396 g/mol. The smallest absolute Gasteiger partial charge is 0.409 e. The number of benzene rings is 1. The maximum absolute atomic E-state index is 12.7. The lowest BCUT2D eigenvalue weighted by molar-refractivity contribution is 0.0920. The molecule has 0 atom stereocenters. The molecule has 1 heterocycles. The Morgan fingerprint density at radius 3 is 2.04 bits per heavy atom. The molecule has 4 N–H and O–H groups in total. The van der Waals surface area contributed by atoms with Crippen molar-refractivity contribution < 1.29 is 29.3 Å². The number of aliphatic hydroxyl groups excluding tert-OH is 1. The van der Waals surface area contributed by atoms with Gasteiger partial charge in [-0.2, -0.15) is 0 Å². The number of carboxylic acid groups (broad SMARTS) is 1. The van der Waals surface area contributed by atoms with Crippen molar-refractivity contribution in [3.63, 3.8) is 0 Å². The Balaban J connectivity index is 1.95. The number of β-amino-alcohol motifs (C(OH)–C–C–N with tert-alkyl or cyclic N) is 1. The molecule has 1 saturated heterocycles. The van der Waals surface area contributed by atoms with E-state index in [4.69, 9.17) is 19.7 Å². The van der Waals surface area contributed by atoms with Crippen LogP contribution in [0.1, 0.15) is 10.4 Å². The van der Waals surface area contributed by atoms with E-state index >= 15 is 0 Å². The highest BCUT2D eigenvalue weighted by atomic mass is 16.5. The van der Waals surface area contributed by atoms with E-state index in [9.17, 15) is 9.59 Å². The molecule has 0 aliphatic carbocycles. The molecule has 10 nitrogen and oxygen atoms in total. The highest BCUT2D eigenvalue weighted by Crippen LogP contribution is 2.32. The van der Waals surface area contributed by atoms with Gasteiger partial charge in [0.1, 0.15) is 17.1 Å². The monoisotopic (exact) mass is 396 g/mol. The summed E-state index contributed by atoms with van der Waals surface area (Å²) < 4.78 is 10.5. The molecule has 0 aromatic heterocycles. The average Bonchev–Trinajstić information content (AvgIpc) is 2.68. The van der Waals surface area contributed by atoms with Crippen LogP contribution in [0.25, 0.3) is 0 Å². The number of aliphatic hydroxyl groups is 1. The van der Waals surface area contributed by atoms with Crippen molar-refractivity contribution in [3.05, 3.63) is 17.7 Å². The van der Waals surface area contributed by atoms with Gasteiger partial charge in [-0.15, -0.1) is 0 Å². The largest absolute Gasteiger partial charge is 0.496 e. The lowest BCUT2D eigenvalue weighted by Crippen LogP contribution is -2.49. The van der Waals surface area contributed by atoms with Crippen molar-refractivity contribution in [2.45, 2.75) is 0 Å². The number of carbonyl (C=O) groups excluding carboxylic acids is 1. The molecule has 1 aromatic rings. The van der Waals surface area contributed by atoms with Crippen LogP contribution in [0.4, 0.5) is 10.5 Å². The maximum Gasteiger partial charge on any atom is 0.409 e. The Hall–Kier alpha value is -2.56. The first kappa shape index (κ1) is 21.7. The Bertz CT molecular complexity index is 651. The predicted molar refractivity (Wildman–Crippen MR) is 103 cm³/mol. The molecule has 10 heteroatoms. The number of nitrogens with zero attached hydrogens (tertiary/aromatic N) is 2. The van der Waals surface area contributed by atoms with Crippen LogP contribution in [0, 0.1) is 0 Å². The second-order valence-corrected chi connectivity index (χ2v) is 6.35. The number of ether oxygens (including phenoxy) is 2. The van der Waals surface area contributed by atoms with Crippen LogP contribution in [0.15, 0.2) is 12.1 Å². The normalized spacial score (nSPS) is 15.1. The number of rotatable bonds is 9. The van der Waals surface area contributed by atoms with E-state index in [1.54, 1.807) is 0 Å². The number of carbonyl (C=O) groups is 2. The van der Waals surface area contributed by atoms with E-state index in [1.807, 2.05) is 0 Å². The van der Waals surface area contributed by atoms with E-state index in [0.29, 0.717) is 19.6 Å². The summed E-state index contributed by atoms with van der Waals surface area (Å²) in [5, 5.41) is 22.9. The molecule has 1 aliphatic heterocycles. The van der Waals surface area contributed by atoms with Crippen molar-refractivity contribution >= 4 is 17.7 Å². The summed E-state index contributed by atoms with van der Waals surface area (Å²) in [4.78, 5) is 28.0. The van der Waals surface area contributed by atoms with E-state index < -0.39 is 6.09 Å². The molecule has 0 unspecified atom stereocenters. The van der Waals surface area contributed by atoms with Crippen molar-refractivity contribution in [2.75, 3.05) is 72.0 Å². The van der Waals surface area contributed by atoms with E-state index in [-0.39, 0.29) is 35.3 Å². The van der Waals surface area contributed by atoms with Crippen molar-refractivity contribution in [1.82, 2.24) is 15.1 Å². The number of nitrogens with one attached hydrogen (secondary N) is 2. The van der Waals surface area contributed by atoms with Gasteiger partial charge in [0.15, 0.2) is 0 Å². The first-order valence-corrected chi connectivity index (χ1v) is 9.08. The summed E-state index contributed by atoms with van der Waals surface area (Å²) >= 11 is 0. The molecule has 0 bridgehead atoms. The Morgan fingerprint density at radius 1 is 1.04 bits per heavy atom. The van der Waals surface area contributed by atoms with Crippen LogP contribution >= 0.6 is 0 Å². The van der Waals surface area contributed by atoms with Crippen LogP contribution in [-0.2, 0) is 0 Å². The van der Waals surface area contributed by atoms with Crippen LogP contribution in [0.5, 0.6) is 11.5 Å². The molecular formula is C18H28N4O6. The third-order valence-electron chi connectivity index (χ3n) is 4.58. The maximum atomic E-state index is 12.7. The van der Waals surface area contributed by atoms with Gasteiger partial charge in [-0.3, -0.25) is 19.9 Å². The Kier molecular flexibility index (Phi) is 8.30. The molecule has 0 spiro atoms. The van der Waals surface area contributed by atoms with Crippen LogP contribution in [0.2, 0.25) is 0 Å². The molecule has 28 heavy (non-hydrogen) atoms. The second kappa shape index (κ2) is 10.7. The molecule has 0 radical (unpaired) electrons. The molecular weight excluding hydrogens is 368 g/mol. The van der Waals surface area contributed by atoms with Crippen LogP contribution in [-0.4, -0.2) is 98.7 Å². The third kappa shape index (κ3) is 5.98. The fourth-order valence-electron chi connectivity index (χ4n) is 3.13. The topological polar surface area (TPSA) is 124 Å². The van der Waals surface area contributed by atoms with E-state index in [1.165, 1.54) is 26.4 Å². The summed E-state index contributed by atoms with van der Waals surface area (Å²) in [7, 11) is 2.81. The van der Waals surface area contributed by atoms with Crippen LogP contribution in [0.3, 0.4) is 0 Å². The number of anilines is 1. The van der Waals surface area contributed by atoms with Crippen molar-refractivity contribution in [2.24, 2.45) is 0 Å². The van der Waals surface area contributed by atoms with Gasteiger partial charge >= 0.3 is 6.09 Å². The zero-order valence-corrected chi connectivity index (χ0v) is 16.2. The molecule has 2 rings (SSSR count). The van der Waals surface area contributed by atoms with Gasteiger partial charge < -0.3 is 25.0 Å². The van der Waals surface area contributed by atoms with Gasteiger partial charge in [0, 0.05) is 57.9 Å². The zero-order chi connectivity index (χ0) is 20.5. The number of methoxy groups -OCH3 is 2. The Morgan fingerprint density at radius 2 is 1.57 bits per heavy atom. The van der Waals surface area contributed by atoms with Gasteiger partial charge in [-0.25, -0.2) is 4.79 Å². The minimum atomic E-state index is -1.22. The first-order chi connectivity index (χ1) is 13.5. The number of hydrogen-bond donors (Lipinski definition) is 4. The van der Waals surface area contributed by atoms with Gasteiger partial charge in [-0.05, 0) is 0 Å². The fraction of sp³-hybridized carbons (Fsp3) is 0.556. The molecule has 156 valence electrons. The molecule has 2 amide bonds. The van der Waals surface area contributed by atoms with Crippen molar-refractivity contribution in [3.8, 4) is 11.5 Å². The fourth-order valence-corrected chi connectivity index (χ4v) is 3.13. The number of piperazine rings is 1. The SMILES string of the molecule is COc1cc(NC(=O)O)cc(OC)c1C(=O)NCCN1CCN(CCO)CC1. The van der Waals surface area contributed by atoms with Gasteiger partial charge in [-0.1, -0.05) is 0 Å². The number of hydrogen-bond acceptors (Lipinski definition) is 7. The van der Waals surface area contributed by atoms with E-state index in [2.05, 4.69) is 20.4 Å². The lowest BCUT2D eigenvalue weighted by Gasteiger charge is -2.34. The predicted octanol–water partition coefficient (Wildman–Crippen LogP) is 0.133. The quantitative estimate of drug-likeness (QED) is 0.465. The highest BCUT2D eigenvalue weighted by Gasteiger charge is 2.21. The lowest BCUT2D eigenvalue weighted by atomic mass is 10.1.